The molecule has 0 heterocycles. The van der Waals surface area contributed by atoms with E-state index in [-0.39, 0.29) is 11.6 Å². The van der Waals surface area contributed by atoms with E-state index < -0.39 is 23.2 Å². The molecule has 0 fully saturated rings. The van der Waals surface area contributed by atoms with Gasteiger partial charge in [-0.2, -0.15) is 0 Å². The fraction of sp³-hybridized carbons (Fsp3) is 0.222. The molecule has 0 N–H and O–H groups in total. The van der Waals surface area contributed by atoms with E-state index in [1.54, 1.807) is 6.92 Å². The molecule has 0 aliphatic heterocycles. The van der Waals surface area contributed by atoms with Gasteiger partial charge < -0.3 is 4.74 Å². The van der Waals surface area contributed by atoms with E-state index in [9.17, 15) is 13.6 Å². The van der Waals surface area contributed by atoms with Crippen LogP contribution in [0.4, 0.5) is 8.78 Å². The Morgan fingerprint density at radius 2 is 1.93 bits per heavy atom. The SMILES string of the molecule is CCOC(=O)c1c(F)cc(Cl)cc1F. The minimum absolute atomic E-state index is 0.0559. The molecule has 14 heavy (non-hydrogen) atoms. The minimum Gasteiger partial charge on any atom is -0.462 e. The highest BCUT2D eigenvalue weighted by Crippen LogP contribution is 2.19. The number of rotatable bonds is 2. The Bertz CT molecular complexity index is 343. The first-order valence-electron chi connectivity index (χ1n) is 3.88. The lowest BCUT2D eigenvalue weighted by molar-refractivity contribution is 0.0515. The lowest BCUT2D eigenvalue weighted by Crippen LogP contribution is -2.09. The lowest BCUT2D eigenvalue weighted by Gasteiger charge is -2.04. The van der Waals surface area contributed by atoms with E-state index >= 15 is 0 Å². The van der Waals surface area contributed by atoms with Gasteiger partial charge in [-0.1, -0.05) is 11.6 Å². The number of hydrogen-bond acceptors (Lipinski definition) is 2. The zero-order valence-electron chi connectivity index (χ0n) is 7.31. The molecule has 0 spiro atoms. The molecular formula is C9H7ClF2O2. The minimum atomic E-state index is -1.03. The number of carbonyl (C=O) groups is 1. The van der Waals surface area contributed by atoms with Gasteiger partial charge in [-0.15, -0.1) is 0 Å². The van der Waals surface area contributed by atoms with Gasteiger partial charge in [0.15, 0.2) is 0 Å². The molecule has 1 rings (SSSR count). The standard InChI is InChI=1S/C9H7ClF2O2/c1-2-14-9(13)8-6(11)3-5(10)4-7(8)12/h3-4H,2H2,1H3. The molecule has 76 valence electrons. The van der Waals surface area contributed by atoms with E-state index in [0.717, 1.165) is 12.1 Å². The van der Waals surface area contributed by atoms with Crippen molar-refractivity contribution in [3.63, 3.8) is 0 Å². The summed E-state index contributed by atoms with van der Waals surface area (Å²) >= 11 is 5.37. The zero-order chi connectivity index (χ0) is 10.7. The third-order valence-corrected chi connectivity index (χ3v) is 1.70. The predicted octanol–water partition coefficient (Wildman–Crippen LogP) is 2.79. The van der Waals surface area contributed by atoms with E-state index in [4.69, 9.17) is 11.6 Å². The summed E-state index contributed by atoms with van der Waals surface area (Å²) in [4.78, 5) is 11.1. The average Bonchev–Trinajstić information content (AvgIpc) is 2.01. The van der Waals surface area contributed by atoms with Gasteiger partial charge in [0.25, 0.3) is 0 Å². The van der Waals surface area contributed by atoms with Gasteiger partial charge in [-0.05, 0) is 19.1 Å². The van der Waals surface area contributed by atoms with Crippen LogP contribution >= 0.6 is 11.6 Å². The van der Waals surface area contributed by atoms with Crippen LogP contribution in [0.1, 0.15) is 17.3 Å². The van der Waals surface area contributed by atoms with Crippen LogP contribution in [0.3, 0.4) is 0 Å². The van der Waals surface area contributed by atoms with E-state index in [0.29, 0.717) is 0 Å². The van der Waals surface area contributed by atoms with Crippen LogP contribution in [0.25, 0.3) is 0 Å². The maximum absolute atomic E-state index is 13.1. The molecule has 0 amide bonds. The second kappa shape index (κ2) is 4.37. The fourth-order valence-corrected chi connectivity index (χ4v) is 1.13. The first-order chi connectivity index (χ1) is 6.56. The summed E-state index contributed by atoms with van der Waals surface area (Å²) in [6.07, 6.45) is 0. The molecular weight excluding hydrogens is 214 g/mol. The molecule has 0 unspecified atom stereocenters. The van der Waals surface area contributed by atoms with Crippen molar-refractivity contribution in [1.29, 1.82) is 0 Å². The van der Waals surface area contributed by atoms with Crippen molar-refractivity contribution in [1.82, 2.24) is 0 Å². The van der Waals surface area contributed by atoms with E-state index in [1.165, 1.54) is 0 Å². The second-order valence-electron chi connectivity index (χ2n) is 2.46. The first kappa shape index (κ1) is 10.9. The number of carbonyl (C=O) groups excluding carboxylic acids is 1. The number of hydrogen-bond donors (Lipinski definition) is 0. The monoisotopic (exact) mass is 220 g/mol. The quantitative estimate of drug-likeness (QED) is 0.717. The molecule has 0 radical (unpaired) electrons. The predicted molar refractivity (Wildman–Crippen MR) is 47.3 cm³/mol. The Balaban J connectivity index is 3.14. The molecule has 0 aliphatic carbocycles. The van der Waals surface area contributed by atoms with E-state index in [1.807, 2.05) is 0 Å². The van der Waals surface area contributed by atoms with Crippen molar-refractivity contribution in [2.45, 2.75) is 6.92 Å². The van der Waals surface area contributed by atoms with Gasteiger partial charge in [-0.3, -0.25) is 0 Å². The molecule has 0 bridgehead atoms. The molecule has 0 saturated carbocycles. The molecule has 0 aliphatic rings. The topological polar surface area (TPSA) is 26.3 Å². The van der Waals surface area contributed by atoms with Crippen LogP contribution in [-0.2, 0) is 4.74 Å². The van der Waals surface area contributed by atoms with Crippen LogP contribution in [0.2, 0.25) is 5.02 Å². The highest BCUT2D eigenvalue weighted by Gasteiger charge is 2.19. The highest BCUT2D eigenvalue weighted by molar-refractivity contribution is 6.30. The summed E-state index contributed by atoms with van der Waals surface area (Å²) < 4.78 is 30.6. The number of benzene rings is 1. The maximum atomic E-state index is 13.1. The van der Waals surface area contributed by atoms with Crippen molar-refractivity contribution in [3.8, 4) is 0 Å². The van der Waals surface area contributed by atoms with Crippen LogP contribution in [0.5, 0.6) is 0 Å². The van der Waals surface area contributed by atoms with Crippen molar-refractivity contribution in [2.75, 3.05) is 6.61 Å². The van der Waals surface area contributed by atoms with Crippen molar-refractivity contribution in [2.24, 2.45) is 0 Å². The zero-order valence-corrected chi connectivity index (χ0v) is 8.07. The summed E-state index contributed by atoms with van der Waals surface area (Å²) in [5.41, 5.74) is -0.712. The fourth-order valence-electron chi connectivity index (χ4n) is 0.940. The van der Waals surface area contributed by atoms with Crippen molar-refractivity contribution >= 4 is 17.6 Å². The van der Waals surface area contributed by atoms with Gasteiger partial charge in [0.1, 0.15) is 17.2 Å². The molecule has 5 heteroatoms. The Morgan fingerprint density at radius 1 is 1.43 bits per heavy atom. The lowest BCUT2D eigenvalue weighted by atomic mass is 10.2. The van der Waals surface area contributed by atoms with Crippen molar-refractivity contribution in [3.05, 3.63) is 34.4 Å². The number of ether oxygens (including phenoxy) is 1. The molecule has 1 aromatic carbocycles. The molecule has 0 aromatic heterocycles. The van der Waals surface area contributed by atoms with Gasteiger partial charge >= 0.3 is 5.97 Å². The third kappa shape index (κ3) is 2.20. The molecule has 2 nitrogen and oxygen atoms in total. The summed E-state index contributed by atoms with van der Waals surface area (Å²) in [7, 11) is 0. The summed E-state index contributed by atoms with van der Waals surface area (Å²) in [5, 5.41) is -0.104. The van der Waals surface area contributed by atoms with Crippen LogP contribution in [-0.4, -0.2) is 12.6 Å². The average molecular weight is 221 g/mol. The number of esters is 1. The van der Waals surface area contributed by atoms with Gasteiger partial charge in [0.2, 0.25) is 0 Å². The normalized spacial score (nSPS) is 10.0. The Morgan fingerprint density at radius 3 is 2.36 bits per heavy atom. The molecule has 1 aromatic rings. The smallest absolute Gasteiger partial charge is 0.344 e. The Kier molecular flexibility index (Phi) is 3.41. The summed E-state index contributed by atoms with van der Waals surface area (Å²) in [5.74, 6) is -3.07. The highest BCUT2D eigenvalue weighted by atomic mass is 35.5. The summed E-state index contributed by atoms with van der Waals surface area (Å²) in [6.45, 7) is 1.60. The maximum Gasteiger partial charge on any atom is 0.344 e. The molecule has 0 saturated heterocycles. The van der Waals surface area contributed by atoms with Gasteiger partial charge in [-0.25, -0.2) is 13.6 Å². The van der Waals surface area contributed by atoms with Gasteiger partial charge in [0, 0.05) is 5.02 Å². The van der Waals surface area contributed by atoms with Crippen LogP contribution in [0.15, 0.2) is 12.1 Å². The number of halogens is 3. The third-order valence-electron chi connectivity index (χ3n) is 1.49. The summed E-state index contributed by atoms with van der Waals surface area (Å²) in [6, 6.07) is 1.72. The van der Waals surface area contributed by atoms with Crippen LogP contribution in [0, 0.1) is 11.6 Å². The van der Waals surface area contributed by atoms with Crippen molar-refractivity contribution < 1.29 is 18.3 Å². The molecule has 0 atom stereocenters. The van der Waals surface area contributed by atoms with Gasteiger partial charge in [0.05, 0.1) is 6.61 Å². The largest absolute Gasteiger partial charge is 0.462 e. The van der Waals surface area contributed by atoms with Crippen LogP contribution < -0.4 is 0 Å². The Hall–Kier alpha value is -1.16. The van der Waals surface area contributed by atoms with E-state index in [2.05, 4.69) is 4.74 Å². The first-order valence-corrected chi connectivity index (χ1v) is 4.25. The Labute approximate surface area is 84.4 Å². The second-order valence-corrected chi connectivity index (χ2v) is 2.90.